The minimum absolute atomic E-state index is 0.0165. The highest BCUT2D eigenvalue weighted by Gasteiger charge is 2.12. The van der Waals surface area contributed by atoms with Crippen LogP contribution < -0.4 is 0 Å². The third kappa shape index (κ3) is 3.17. The second-order valence-corrected chi connectivity index (χ2v) is 4.96. The molecule has 0 saturated carbocycles. The van der Waals surface area contributed by atoms with Gasteiger partial charge in [0.15, 0.2) is 0 Å². The van der Waals surface area contributed by atoms with Crippen LogP contribution in [0.3, 0.4) is 0 Å². The van der Waals surface area contributed by atoms with Crippen LogP contribution in [0, 0.1) is 6.92 Å². The Morgan fingerprint density at radius 2 is 2.00 bits per heavy atom. The van der Waals surface area contributed by atoms with Gasteiger partial charge in [0, 0.05) is 17.1 Å². The van der Waals surface area contributed by atoms with Gasteiger partial charge in [0.05, 0.1) is 0 Å². The lowest BCUT2D eigenvalue weighted by Crippen LogP contribution is -1.91. The Morgan fingerprint density at radius 1 is 1.28 bits per heavy atom. The van der Waals surface area contributed by atoms with E-state index in [2.05, 4.69) is 12.1 Å². The van der Waals surface area contributed by atoms with Crippen LogP contribution in [0.25, 0.3) is 0 Å². The summed E-state index contributed by atoms with van der Waals surface area (Å²) in [5.41, 5.74) is 2.22. The molecule has 0 bridgehead atoms. The number of carboxylic acids is 1. The van der Waals surface area contributed by atoms with Crippen molar-refractivity contribution >= 4 is 17.7 Å². The molecule has 2 aromatic rings. The Balaban J connectivity index is 1.92. The molecule has 18 heavy (non-hydrogen) atoms. The molecule has 0 unspecified atom stereocenters. The van der Waals surface area contributed by atoms with E-state index in [-0.39, 0.29) is 5.76 Å². The monoisotopic (exact) mass is 262 g/mol. The SMILES string of the molecule is Cc1oc(C(=O)O)cc1CSCc1ccccc1. The van der Waals surface area contributed by atoms with Crippen molar-refractivity contribution in [3.63, 3.8) is 0 Å². The first kappa shape index (κ1) is 12.8. The molecule has 3 nitrogen and oxygen atoms in total. The number of benzene rings is 1. The lowest BCUT2D eigenvalue weighted by molar-refractivity contribution is 0.0661. The molecule has 0 atom stereocenters. The smallest absolute Gasteiger partial charge is 0.371 e. The molecule has 1 aromatic carbocycles. The number of carboxylic acid groups (broad SMARTS) is 1. The molecule has 0 fully saturated rings. The Morgan fingerprint density at radius 3 is 2.61 bits per heavy atom. The molecule has 0 aliphatic carbocycles. The highest BCUT2D eigenvalue weighted by atomic mass is 32.2. The van der Waals surface area contributed by atoms with Crippen molar-refractivity contribution in [2.24, 2.45) is 0 Å². The molecule has 0 aliphatic rings. The second kappa shape index (κ2) is 5.78. The van der Waals surface area contributed by atoms with Crippen molar-refractivity contribution in [1.29, 1.82) is 0 Å². The quantitative estimate of drug-likeness (QED) is 0.892. The summed E-state index contributed by atoms with van der Waals surface area (Å²) in [5, 5.41) is 8.83. The minimum Gasteiger partial charge on any atom is -0.475 e. The van der Waals surface area contributed by atoms with E-state index in [4.69, 9.17) is 9.52 Å². The van der Waals surface area contributed by atoms with Gasteiger partial charge in [0.1, 0.15) is 5.76 Å². The lowest BCUT2D eigenvalue weighted by atomic mass is 10.2. The van der Waals surface area contributed by atoms with Crippen LogP contribution in [-0.2, 0) is 11.5 Å². The first-order chi connectivity index (χ1) is 8.66. The Bertz CT molecular complexity index is 531. The van der Waals surface area contributed by atoms with Gasteiger partial charge in [-0.3, -0.25) is 0 Å². The molecule has 1 heterocycles. The highest BCUT2D eigenvalue weighted by molar-refractivity contribution is 7.97. The van der Waals surface area contributed by atoms with Gasteiger partial charge in [-0.2, -0.15) is 11.8 Å². The Labute approximate surface area is 110 Å². The Hall–Kier alpha value is -1.68. The molecule has 0 saturated heterocycles. The van der Waals surface area contributed by atoms with Crippen LogP contribution in [-0.4, -0.2) is 11.1 Å². The van der Waals surface area contributed by atoms with Gasteiger partial charge in [-0.15, -0.1) is 0 Å². The van der Waals surface area contributed by atoms with E-state index in [1.54, 1.807) is 24.8 Å². The van der Waals surface area contributed by atoms with Crippen molar-refractivity contribution < 1.29 is 14.3 Å². The number of aryl methyl sites for hydroxylation is 1. The number of thioether (sulfide) groups is 1. The summed E-state index contributed by atoms with van der Waals surface area (Å²) in [4.78, 5) is 10.8. The van der Waals surface area contributed by atoms with Gasteiger partial charge in [-0.1, -0.05) is 30.3 Å². The fraction of sp³-hybridized carbons (Fsp3) is 0.214. The highest BCUT2D eigenvalue weighted by Crippen LogP contribution is 2.22. The van der Waals surface area contributed by atoms with Crippen LogP contribution >= 0.6 is 11.8 Å². The van der Waals surface area contributed by atoms with Crippen molar-refractivity contribution in [3.8, 4) is 0 Å². The zero-order valence-corrected chi connectivity index (χ0v) is 10.9. The molecular formula is C14H14O3S. The first-order valence-electron chi connectivity index (χ1n) is 5.61. The van der Waals surface area contributed by atoms with E-state index < -0.39 is 5.97 Å². The standard InChI is InChI=1S/C14H14O3S/c1-10-12(7-13(17-10)14(15)16)9-18-8-11-5-3-2-4-6-11/h2-7H,8-9H2,1H3,(H,15,16). The fourth-order valence-corrected chi connectivity index (χ4v) is 2.66. The average molecular weight is 262 g/mol. The van der Waals surface area contributed by atoms with Gasteiger partial charge >= 0.3 is 5.97 Å². The molecule has 4 heteroatoms. The van der Waals surface area contributed by atoms with E-state index in [0.717, 1.165) is 17.1 Å². The molecule has 2 rings (SSSR count). The Kier molecular flexibility index (Phi) is 4.10. The predicted octanol–water partition coefficient (Wildman–Crippen LogP) is 3.72. The summed E-state index contributed by atoms with van der Waals surface area (Å²) in [5.74, 6) is 1.36. The van der Waals surface area contributed by atoms with E-state index >= 15 is 0 Å². The summed E-state index contributed by atoms with van der Waals surface area (Å²) >= 11 is 1.75. The molecule has 94 valence electrons. The van der Waals surface area contributed by atoms with Crippen LogP contribution in [0.15, 0.2) is 40.8 Å². The average Bonchev–Trinajstić information content (AvgIpc) is 2.73. The molecule has 0 radical (unpaired) electrons. The third-order valence-corrected chi connectivity index (χ3v) is 3.65. The zero-order chi connectivity index (χ0) is 13.0. The van der Waals surface area contributed by atoms with E-state index in [1.165, 1.54) is 5.56 Å². The van der Waals surface area contributed by atoms with Gasteiger partial charge < -0.3 is 9.52 Å². The van der Waals surface area contributed by atoms with Gasteiger partial charge in [0.25, 0.3) is 0 Å². The summed E-state index contributed by atoms with van der Waals surface area (Å²) in [7, 11) is 0. The van der Waals surface area contributed by atoms with Crippen LogP contribution in [0.5, 0.6) is 0 Å². The van der Waals surface area contributed by atoms with E-state index in [1.807, 2.05) is 18.2 Å². The normalized spacial score (nSPS) is 10.5. The summed E-state index contributed by atoms with van der Waals surface area (Å²) < 4.78 is 5.17. The molecule has 0 spiro atoms. The maximum atomic E-state index is 10.8. The number of furan rings is 1. The van der Waals surface area contributed by atoms with Crippen molar-refractivity contribution in [2.45, 2.75) is 18.4 Å². The van der Waals surface area contributed by atoms with Crippen LogP contribution in [0.2, 0.25) is 0 Å². The number of rotatable bonds is 5. The fourth-order valence-electron chi connectivity index (χ4n) is 1.62. The molecule has 1 aromatic heterocycles. The maximum absolute atomic E-state index is 10.8. The minimum atomic E-state index is -1.02. The summed E-state index contributed by atoms with van der Waals surface area (Å²) in [6, 6.07) is 11.8. The third-order valence-electron chi connectivity index (χ3n) is 2.60. The van der Waals surface area contributed by atoms with Crippen LogP contribution in [0.4, 0.5) is 0 Å². The number of aromatic carboxylic acids is 1. The van der Waals surface area contributed by atoms with E-state index in [0.29, 0.717) is 5.76 Å². The molecular weight excluding hydrogens is 248 g/mol. The van der Waals surface area contributed by atoms with Crippen LogP contribution in [0.1, 0.15) is 27.4 Å². The predicted molar refractivity (Wildman–Crippen MR) is 71.8 cm³/mol. The second-order valence-electron chi connectivity index (χ2n) is 3.98. The largest absolute Gasteiger partial charge is 0.475 e. The molecule has 1 N–H and O–H groups in total. The van der Waals surface area contributed by atoms with Crippen molar-refractivity contribution in [3.05, 3.63) is 59.0 Å². The lowest BCUT2D eigenvalue weighted by Gasteiger charge is -2.00. The molecule has 0 amide bonds. The van der Waals surface area contributed by atoms with Crippen molar-refractivity contribution in [2.75, 3.05) is 0 Å². The maximum Gasteiger partial charge on any atom is 0.371 e. The van der Waals surface area contributed by atoms with Gasteiger partial charge in [0.2, 0.25) is 5.76 Å². The zero-order valence-electron chi connectivity index (χ0n) is 10.1. The topological polar surface area (TPSA) is 50.4 Å². The summed E-state index contributed by atoms with van der Waals surface area (Å²) in [6.45, 7) is 1.80. The van der Waals surface area contributed by atoms with E-state index in [9.17, 15) is 4.79 Å². The molecule has 0 aliphatic heterocycles. The number of carbonyl (C=O) groups is 1. The number of hydrogen-bond acceptors (Lipinski definition) is 3. The van der Waals surface area contributed by atoms with Crippen molar-refractivity contribution in [1.82, 2.24) is 0 Å². The number of hydrogen-bond donors (Lipinski definition) is 1. The van der Waals surface area contributed by atoms with Gasteiger partial charge in [-0.25, -0.2) is 4.79 Å². The summed E-state index contributed by atoms with van der Waals surface area (Å²) in [6.07, 6.45) is 0. The van der Waals surface area contributed by atoms with Gasteiger partial charge in [-0.05, 0) is 18.6 Å². The first-order valence-corrected chi connectivity index (χ1v) is 6.76.